The van der Waals surface area contributed by atoms with Gasteiger partial charge in [-0.3, -0.25) is 4.79 Å². The molecule has 1 aromatic carbocycles. The lowest BCUT2D eigenvalue weighted by Gasteiger charge is -2.32. The summed E-state index contributed by atoms with van der Waals surface area (Å²) in [6.07, 6.45) is 4.03. The fraction of sp³-hybridized carbons (Fsp3) is 0.562. The van der Waals surface area contributed by atoms with Crippen molar-refractivity contribution in [1.82, 2.24) is 10.6 Å². The predicted octanol–water partition coefficient (Wildman–Crippen LogP) is 3.05. The Kier molecular flexibility index (Phi) is 5.18. The molecule has 0 aromatic heterocycles. The van der Waals surface area contributed by atoms with Crippen LogP contribution in [0.3, 0.4) is 0 Å². The topological polar surface area (TPSA) is 41.1 Å². The zero-order chi connectivity index (χ0) is 14.2. The highest BCUT2D eigenvalue weighted by Gasteiger charge is 2.51. The first-order valence-electron chi connectivity index (χ1n) is 7.42. The quantitative estimate of drug-likeness (QED) is 0.895. The largest absolute Gasteiger partial charge is 0.351 e. The minimum atomic E-state index is -0.331. The maximum atomic E-state index is 12.7. The number of halogens is 2. The third-order valence-electron chi connectivity index (χ3n) is 4.64. The molecule has 1 amide bonds. The third kappa shape index (κ3) is 3.36. The van der Waals surface area contributed by atoms with Crippen molar-refractivity contribution < 1.29 is 4.79 Å². The molecule has 2 N–H and O–H groups in total. The Hall–Kier alpha value is -0.770. The van der Waals surface area contributed by atoms with Gasteiger partial charge >= 0.3 is 0 Å². The van der Waals surface area contributed by atoms with Crippen molar-refractivity contribution in [2.75, 3.05) is 6.54 Å². The maximum absolute atomic E-state index is 12.7. The number of amides is 1. The number of nitrogens with one attached hydrogen (secondary N) is 2. The van der Waals surface area contributed by atoms with Crippen LogP contribution in [0.25, 0.3) is 0 Å². The van der Waals surface area contributed by atoms with Gasteiger partial charge in [0.25, 0.3) is 0 Å². The molecule has 2 aliphatic rings. The second-order valence-corrected chi connectivity index (χ2v) is 6.49. The molecule has 1 aliphatic carbocycles. The van der Waals surface area contributed by atoms with Gasteiger partial charge in [0.15, 0.2) is 0 Å². The van der Waals surface area contributed by atoms with Gasteiger partial charge in [-0.2, -0.15) is 0 Å². The summed E-state index contributed by atoms with van der Waals surface area (Å²) >= 11 is 6.06. The van der Waals surface area contributed by atoms with Gasteiger partial charge in [-0.05, 0) is 56.8 Å². The Morgan fingerprint density at radius 3 is 2.81 bits per heavy atom. The van der Waals surface area contributed by atoms with E-state index in [-0.39, 0.29) is 29.8 Å². The number of hydrogen-bond acceptors (Lipinski definition) is 2. The van der Waals surface area contributed by atoms with E-state index in [0.717, 1.165) is 37.8 Å². The average molecular weight is 329 g/mol. The third-order valence-corrected chi connectivity index (χ3v) is 4.88. The van der Waals surface area contributed by atoms with Gasteiger partial charge in [-0.25, -0.2) is 0 Å². The summed E-state index contributed by atoms with van der Waals surface area (Å²) in [5.41, 5.74) is 0.723. The normalized spacial score (nSPS) is 26.6. The molecule has 1 saturated carbocycles. The van der Waals surface area contributed by atoms with Crippen LogP contribution in [-0.2, 0) is 10.2 Å². The second kappa shape index (κ2) is 6.55. The molecule has 0 bridgehead atoms. The van der Waals surface area contributed by atoms with Gasteiger partial charge in [0, 0.05) is 17.1 Å². The molecule has 0 spiro atoms. The van der Waals surface area contributed by atoms with Crippen LogP contribution >= 0.6 is 24.0 Å². The van der Waals surface area contributed by atoms with E-state index in [0.29, 0.717) is 11.1 Å². The number of benzene rings is 1. The molecule has 1 saturated heterocycles. The summed E-state index contributed by atoms with van der Waals surface area (Å²) in [6.45, 7) is 3.19. The summed E-state index contributed by atoms with van der Waals surface area (Å²) in [4.78, 5) is 12.7. The molecular weight excluding hydrogens is 307 g/mol. The van der Waals surface area contributed by atoms with Crippen LogP contribution in [0.2, 0.25) is 5.02 Å². The van der Waals surface area contributed by atoms with Gasteiger partial charge in [0.05, 0.1) is 5.41 Å². The fourth-order valence-electron chi connectivity index (χ4n) is 3.11. The molecule has 3 rings (SSSR count). The van der Waals surface area contributed by atoms with Crippen molar-refractivity contribution in [2.45, 2.75) is 50.1 Å². The molecule has 116 valence electrons. The van der Waals surface area contributed by atoms with E-state index in [1.807, 2.05) is 24.3 Å². The molecule has 2 atom stereocenters. The Morgan fingerprint density at radius 1 is 1.43 bits per heavy atom. The van der Waals surface area contributed by atoms with Crippen LogP contribution in [0, 0.1) is 0 Å². The molecule has 5 heteroatoms. The number of carbonyl (C=O) groups is 1. The van der Waals surface area contributed by atoms with Crippen LogP contribution in [0.4, 0.5) is 0 Å². The number of hydrogen-bond donors (Lipinski definition) is 2. The molecule has 1 heterocycles. The van der Waals surface area contributed by atoms with Crippen molar-refractivity contribution in [3.63, 3.8) is 0 Å². The minimum absolute atomic E-state index is 0. The summed E-state index contributed by atoms with van der Waals surface area (Å²) < 4.78 is 0. The smallest absolute Gasteiger partial charge is 0.230 e. The van der Waals surface area contributed by atoms with Gasteiger partial charge in [0.2, 0.25) is 5.91 Å². The van der Waals surface area contributed by atoms with E-state index < -0.39 is 0 Å². The summed E-state index contributed by atoms with van der Waals surface area (Å²) in [6, 6.07) is 8.32. The average Bonchev–Trinajstić information content (AvgIpc) is 3.23. The molecule has 2 unspecified atom stereocenters. The van der Waals surface area contributed by atoms with Crippen LogP contribution < -0.4 is 10.6 Å². The van der Waals surface area contributed by atoms with E-state index in [9.17, 15) is 4.79 Å². The van der Waals surface area contributed by atoms with E-state index in [4.69, 9.17) is 11.6 Å². The van der Waals surface area contributed by atoms with Crippen molar-refractivity contribution >= 4 is 29.9 Å². The molecule has 21 heavy (non-hydrogen) atoms. The van der Waals surface area contributed by atoms with E-state index >= 15 is 0 Å². The fourth-order valence-corrected chi connectivity index (χ4v) is 3.30. The van der Waals surface area contributed by atoms with Gasteiger partial charge in [-0.15, -0.1) is 12.4 Å². The highest BCUT2D eigenvalue weighted by Crippen LogP contribution is 2.49. The lowest BCUT2D eigenvalue weighted by molar-refractivity contribution is -0.124. The first kappa shape index (κ1) is 16.6. The minimum Gasteiger partial charge on any atom is -0.351 e. The zero-order valence-corrected chi connectivity index (χ0v) is 13.8. The van der Waals surface area contributed by atoms with Crippen LogP contribution in [0.5, 0.6) is 0 Å². The molecule has 2 fully saturated rings. The lowest BCUT2D eigenvalue weighted by atomic mass is 9.93. The molecule has 1 aromatic rings. The molecular formula is C16H22Cl2N2O. The first-order chi connectivity index (χ1) is 9.62. The Bertz CT molecular complexity index is 517. The number of carbonyl (C=O) groups excluding carboxylic acids is 1. The predicted molar refractivity (Wildman–Crippen MR) is 88.2 cm³/mol. The van der Waals surface area contributed by atoms with Crippen molar-refractivity contribution in [3.8, 4) is 0 Å². The van der Waals surface area contributed by atoms with Crippen molar-refractivity contribution in [2.24, 2.45) is 0 Å². The van der Waals surface area contributed by atoms with E-state index in [1.165, 1.54) is 0 Å². The Balaban J connectivity index is 0.00000161. The zero-order valence-electron chi connectivity index (χ0n) is 12.2. The second-order valence-electron chi connectivity index (χ2n) is 6.06. The maximum Gasteiger partial charge on any atom is 0.230 e. The summed E-state index contributed by atoms with van der Waals surface area (Å²) in [5, 5.41) is 7.37. The standard InChI is InChI=1S/C16H21ClN2O.ClH/c1-11-14(6-3-9-18-11)19-15(20)16(7-8-16)12-4-2-5-13(17)10-12;/h2,4-5,10-11,14,18H,3,6-9H2,1H3,(H,19,20);1H. The number of piperidine rings is 1. The monoisotopic (exact) mass is 328 g/mol. The highest BCUT2D eigenvalue weighted by atomic mass is 35.5. The molecule has 0 radical (unpaired) electrons. The lowest BCUT2D eigenvalue weighted by Crippen LogP contribution is -2.53. The Labute approximate surface area is 137 Å². The molecule has 3 nitrogen and oxygen atoms in total. The van der Waals surface area contributed by atoms with Gasteiger partial charge in [-0.1, -0.05) is 23.7 Å². The first-order valence-corrected chi connectivity index (χ1v) is 7.80. The van der Waals surface area contributed by atoms with Crippen molar-refractivity contribution in [3.05, 3.63) is 34.9 Å². The SMILES string of the molecule is CC1NCCCC1NC(=O)C1(c2cccc(Cl)c2)CC1.Cl. The van der Waals surface area contributed by atoms with Crippen LogP contribution in [0.15, 0.2) is 24.3 Å². The van der Waals surface area contributed by atoms with Crippen LogP contribution in [0.1, 0.15) is 38.2 Å². The summed E-state index contributed by atoms with van der Waals surface area (Å²) in [5.74, 6) is 0.167. The highest BCUT2D eigenvalue weighted by molar-refractivity contribution is 6.30. The molecule has 1 aliphatic heterocycles. The van der Waals surface area contributed by atoms with Crippen LogP contribution in [-0.4, -0.2) is 24.5 Å². The van der Waals surface area contributed by atoms with Gasteiger partial charge < -0.3 is 10.6 Å². The van der Waals surface area contributed by atoms with E-state index in [2.05, 4.69) is 17.6 Å². The summed E-state index contributed by atoms with van der Waals surface area (Å²) in [7, 11) is 0. The van der Waals surface area contributed by atoms with Crippen molar-refractivity contribution in [1.29, 1.82) is 0 Å². The Morgan fingerprint density at radius 2 is 2.19 bits per heavy atom. The number of rotatable bonds is 3. The van der Waals surface area contributed by atoms with E-state index in [1.54, 1.807) is 0 Å². The van der Waals surface area contributed by atoms with Gasteiger partial charge in [0.1, 0.15) is 0 Å².